The average molecular weight is 381 g/mol. The molecule has 156 valence electrons. The van der Waals surface area contributed by atoms with E-state index >= 15 is 0 Å². The SMILES string of the molecule is COCCNC(=O)CCC12CCC(C)(O)CC1C(C)(C)CC2NC1CCC1. The van der Waals surface area contributed by atoms with Gasteiger partial charge in [0.2, 0.25) is 5.91 Å². The molecule has 4 unspecified atom stereocenters. The second kappa shape index (κ2) is 8.00. The second-order valence-electron chi connectivity index (χ2n) is 10.4. The third kappa shape index (κ3) is 4.51. The first kappa shape index (κ1) is 21.1. The lowest BCUT2D eigenvalue weighted by Gasteiger charge is -2.51. The summed E-state index contributed by atoms with van der Waals surface area (Å²) in [7, 11) is 1.65. The number of hydrogen-bond acceptors (Lipinski definition) is 4. The molecule has 1 amide bonds. The smallest absolute Gasteiger partial charge is 0.220 e. The standard InChI is InChI=1S/C22H40N2O3/c1-20(2)15-18(24-16-6-5-7-16)22(9-8-19(25)23-12-13-27-4)11-10-21(3,26)14-17(20)22/h16-18,24,26H,5-15H2,1-4H3,(H,23,25). The van der Waals surface area contributed by atoms with E-state index < -0.39 is 5.60 Å². The molecule has 3 rings (SSSR count). The second-order valence-corrected chi connectivity index (χ2v) is 10.4. The molecule has 0 aromatic rings. The number of amides is 1. The van der Waals surface area contributed by atoms with Gasteiger partial charge in [0.25, 0.3) is 0 Å². The number of carbonyl (C=O) groups excluding carboxylic acids is 1. The van der Waals surface area contributed by atoms with E-state index in [1.54, 1.807) is 7.11 Å². The van der Waals surface area contributed by atoms with Crippen LogP contribution in [0.25, 0.3) is 0 Å². The topological polar surface area (TPSA) is 70.6 Å². The molecule has 0 aromatic carbocycles. The first-order valence-corrected chi connectivity index (χ1v) is 10.9. The molecule has 5 nitrogen and oxygen atoms in total. The predicted octanol–water partition coefficient (Wildman–Crippen LogP) is 3.01. The van der Waals surface area contributed by atoms with Gasteiger partial charge in [-0.05, 0) is 68.6 Å². The molecule has 3 fully saturated rings. The molecule has 0 bridgehead atoms. The molecule has 3 aliphatic rings. The number of rotatable bonds is 8. The molecule has 3 N–H and O–H groups in total. The van der Waals surface area contributed by atoms with Crippen LogP contribution in [0.1, 0.15) is 78.6 Å². The molecule has 3 aliphatic carbocycles. The Labute approximate surface area is 165 Å². The number of hydrogen-bond donors (Lipinski definition) is 3. The lowest BCUT2D eigenvalue weighted by molar-refractivity contribution is -0.123. The lowest BCUT2D eigenvalue weighted by Crippen LogP contribution is -2.54. The third-order valence-electron chi connectivity index (χ3n) is 7.82. The number of methoxy groups -OCH3 is 1. The highest BCUT2D eigenvalue weighted by Crippen LogP contribution is 2.64. The van der Waals surface area contributed by atoms with Crippen LogP contribution in [0.15, 0.2) is 0 Å². The van der Waals surface area contributed by atoms with Crippen LogP contribution in [-0.2, 0) is 9.53 Å². The number of nitrogens with one attached hydrogen (secondary N) is 2. The summed E-state index contributed by atoms with van der Waals surface area (Å²) in [6, 6.07) is 1.12. The highest BCUT2D eigenvalue weighted by molar-refractivity contribution is 5.75. The number of fused-ring (bicyclic) bond motifs is 1. The largest absolute Gasteiger partial charge is 0.390 e. The van der Waals surface area contributed by atoms with Gasteiger partial charge in [-0.2, -0.15) is 0 Å². The Balaban J connectivity index is 1.74. The summed E-state index contributed by atoms with van der Waals surface area (Å²) in [6.07, 6.45) is 9.25. The minimum atomic E-state index is -0.572. The van der Waals surface area contributed by atoms with Crippen molar-refractivity contribution in [3.8, 4) is 0 Å². The fraction of sp³-hybridized carbons (Fsp3) is 0.955. The summed E-state index contributed by atoms with van der Waals surface area (Å²) in [5.41, 5.74) is -0.254. The summed E-state index contributed by atoms with van der Waals surface area (Å²) in [4.78, 5) is 12.4. The third-order valence-corrected chi connectivity index (χ3v) is 7.82. The Kier molecular flexibility index (Phi) is 6.24. The summed E-state index contributed by atoms with van der Waals surface area (Å²) in [5.74, 6) is 0.586. The molecule has 0 heterocycles. The van der Waals surface area contributed by atoms with Crippen LogP contribution in [0.4, 0.5) is 0 Å². The Bertz CT molecular complexity index is 530. The molecule has 3 saturated carbocycles. The van der Waals surface area contributed by atoms with Gasteiger partial charge in [0.05, 0.1) is 12.2 Å². The molecule has 0 aromatic heterocycles. The lowest BCUT2D eigenvalue weighted by atomic mass is 9.57. The van der Waals surface area contributed by atoms with Gasteiger partial charge >= 0.3 is 0 Å². The Hall–Kier alpha value is -0.650. The predicted molar refractivity (Wildman–Crippen MR) is 107 cm³/mol. The Morgan fingerprint density at radius 3 is 2.56 bits per heavy atom. The maximum atomic E-state index is 12.4. The van der Waals surface area contributed by atoms with Gasteiger partial charge in [-0.15, -0.1) is 0 Å². The molecule has 0 aliphatic heterocycles. The molecule has 5 heteroatoms. The van der Waals surface area contributed by atoms with Crippen molar-refractivity contribution in [2.75, 3.05) is 20.3 Å². The van der Waals surface area contributed by atoms with Gasteiger partial charge in [0.1, 0.15) is 0 Å². The van der Waals surface area contributed by atoms with Crippen LogP contribution in [0.5, 0.6) is 0 Å². The van der Waals surface area contributed by atoms with E-state index in [1.165, 1.54) is 19.3 Å². The zero-order valence-corrected chi connectivity index (χ0v) is 17.8. The summed E-state index contributed by atoms with van der Waals surface area (Å²) in [6.45, 7) is 7.87. The van der Waals surface area contributed by atoms with E-state index in [4.69, 9.17) is 4.74 Å². The number of aliphatic hydroxyl groups is 1. The Morgan fingerprint density at radius 1 is 1.19 bits per heavy atom. The van der Waals surface area contributed by atoms with E-state index in [9.17, 15) is 9.90 Å². The summed E-state index contributed by atoms with van der Waals surface area (Å²) in [5, 5.41) is 17.8. The maximum absolute atomic E-state index is 12.4. The molecule has 0 radical (unpaired) electrons. The molecule has 27 heavy (non-hydrogen) atoms. The number of ether oxygens (including phenoxy) is 1. The van der Waals surface area contributed by atoms with E-state index in [2.05, 4.69) is 24.5 Å². The highest BCUT2D eigenvalue weighted by Gasteiger charge is 2.61. The van der Waals surface area contributed by atoms with Crippen LogP contribution >= 0.6 is 0 Å². The summed E-state index contributed by atoms with van der Waals surface area (Å²) < 4.78 is 5.03. The highest BCUT2D eigenvalue weighted by atomic mass is 16.5. The Morgan fingerprint density at radius 2 is 1.93 bits per heavy atom. The first-order chi connectivity index (χ1) is 12.7. The van der Waals surface area contributed by atoms with Crippen molar-refractivity contribution in [2.45, 2.75) is 96.2 Å². The van der Waals surface area contributed by atoms with Crippen molar-refractivity contribution in [3.63, 3.8) is 0 Å². The van der Waals surface area contributed by atoms with Gasteiger partial charge in [-0.1, -0.05) is 20.3 Å². The van der Waals surface area contributed by atoms with Crippen LogP contribution in [0.3, 0.4) is 0 Å². The normalized spacial score (nSPS) is 38.3. The minimum Gasteiger partial charge on any atom is -0.390 e. The van der Waals surface area contributed by atoms with Crippen LogP contribution in [0.2, 0.25) is 0 Å². The van der Waals surface area contributed by atoms with E-state index in [1.807, 2.05) is 6.92 Å². The molecule has 0 saturated heterocycles. The number of carbonyl (C=O) groups is 1. The van der Waals surface area contributed by atoms with Crippen molar-refractivity contribution in [3.05, 3.63) is 0 Å². The van der Waals surface area contributed by atoms with Gasteiger partial charge in [-0.3, -0.25) is 4.79 Å². The van der Waals surface area contributed by atoms with Gasteiger partial charge in [0.15, 0.2) is 0 Å². The first-order valence-electron chi connectivity index (χ1n) is 10.9. The van der Waals surface area contributed by atoms with Crippen molar-refractivity contribution in [1.29, 1.82) is 0 Å². The molecule has 0 spiro atoms. The van der Waals surface area contributed by atoms with E-state index in [0.717, 1.165) is 32.1 Å². The molecular formula is C22H40N2O3. The molecular weight excluding hydrogens is 340 g/mol. The van der Waals surface area contributed by atoms with Crippen LogP contribution in [-0.4, -0.2) is 49.0 Å². The quantitative estimate of drug-likeness (QED) is 0.566. The molecule has 4 atom stereocenters. The fourth-order valence-corrected chi connectivity index (χ4v) is 6.05. The minimum absolute atomic E-state index is 0.125. The van der Waals surface area contributed by atoms with Crippen molar-refractivity contribution in [1.82, 2.24) is 10.6 Å². The van der Waals surface area contributed by atoms with Crippen LogP contribution < -0.4 is 10.6 Å². The van der Waals surface area contributed by atoms with E-state index in [-0.39, 0.29) is 16.7 Å². The zero-order chi connectivity index (χ0) is 19.7. The zero-order valence-electron chi connectivity index (χ0n) is 17.8. The van der Waals surface area contributed by atoms with Crippen molar-refractivity contribution < 1.29 is 14.6 Å². The maximum Gasteiger partial charge on any atom is 0.220 e. The van der Waals surface area contributed by atoms with Gasteiger partial charge in [-0.25, -0.2) is 0 Å². The average Bonchev–Trinajstić information content (AvgIpc) is 2.76. The van der Waals surface area contributed by atoms with Gasteiger partial charge < -0.3 is 20.5 Å². The monoisotopic (exact) mass is 380 g/mol. The van der Waals surface area contributed by atoms with Gasteiger partial charge in [0, 0.05) is 32.2 Å². The van der Waals surface area contributed by atoms with Crippen molar-refractivity contribution in [2.24, 2.45) is 16.7 Å². The van der Waals surface area contributed by atoms with E-state index in [0.29, 0.717) is 37.6 Å². The summed E-state index contributed by atoms with van der Waals surface area (Å²) >= 11 is 0. The fourth-order valence-electron chi connectivity index (χ4n) is 6.05. The van der Waals surface area contributed by atoms with Crippen LogP contribution in [0, 0.1) is 16.7 Å². The van der Waals surface area contributed by atoms with Crippen molar-refractivity contribution >= 4 is 5.91 Å².